The maximum atomic E-state index is 13.7. The standard InChI is InChI=1S/C88H64N2O6/c1-61-13-15-70(16-14-61)87(91)71-29-55-85(56-30-71)96-86-59-45-79(46-60-86)90(75-37-19-65(20-38-75)63-11-7-4-8-12-63)77-41-23-67(24-42-77)69-27-49-82(50-28-69)95-84-53-33-73(34-54-84)88(92)72-31-51-83(52-32-72)94-81-47-25-68(26-48-81)66-21-39-76(40-22-66)89(78-43-57-80(93-2)58-44-78)74-35-17-64(18-36-74)62-9-5-3-6-10-62/h3-60H,1-2H3. The van der Waals surface area contributed by atoms with E-state index < -0.39 is 0 Å². The minimum Gasteiger partial charge on any atom is -0.497 e. The molecular formula is C88H64N2O6. The Morgan fingerprint density at radius 3 is 0.656 bits per heavy atom. The number of benzene rings is 14. The van der Waals surface area contributed by atoms with Crippen molar-refractivity contribution < 1.29 is 28.5 Å². The summed E-state index contributed by atoms with van der Waals surface area (Å²) in [5, 5.41) is 0. The molecule has 0 amide bonds. The summed E-state index contributed by atoms with van der Waals surface area (Å²) in [6.07, 6.45) is 0. The molecule has 0 saturated heterocycles. The molecule has 0 fully saturated rings. The monoisotopic (exact) mass is 1240 g/mol. The molecule has 0 radical (unpaired) electrons. The summed E-state index contributed by atoms with van der Waals surface area (Å²) in [4.78, 5) is 31.3. The van der Waals surface area contributed by atoms with Crippen LogP contribution in [0.5, 0.6) is 40.2 Å². The second-order valence-electron chi connectivity index (χ2n) is 23.2. The van der Waals surface area contributed by atoms with Crippen molar-refractivity contribution in [1.82, 2.24) is 0 Å². The van der Waals surface area contributed by atoms with Crippen molar-refractivity contribution in [3.63, 3.8) is 0 Å². The number of ether oxygens (including phenoxy) is 4. The van der Waals surface area contributed by atoms with E-state index in [0.29, 0.717) is 56.8 Å². The number of methoxy groups -OCH3 is 1. The molecule has 462 valence electrons. The highest BCUT2D eigenvalue weighted by Gasteiger charge is 2.18. The predicted molar refractivity (Wildman–Crippen MR) is 388 cm³/mol. The van der Waals surface area contributed by atoms with Gasteiger partial charge in [-0.05, 0) is 246 Å². The summed E-state index contributed by atoms with van der Waals surface area (Å²) >= 11 is 0. The Morgan fingerprint density at radius 1 is 0.219 bits per heavy atom. The van der Waals surface area contributed by atoms with E-state index in [0.717, 1.165) is 84.4 Å². The Bertz CT molecular complexity index is 4920. The first-order chi connectivity index (χ1) is 47.2. The van der Waals surface area contributed by atoms with Crippen molar-refractivity contribution in [2.24, 2.45) is 0 Å². The molecule has 0 saturated carbocycles. The first-order valence-electron chi connectivity index (χ1n) is 31.8. The van der Waals surface area contributed by atoms with Crippen LogP contribution in [0.25, 0.3) is 44.5 Å². The van der Waals surface area contributed by atoms with Gasteiger partial charge in [-0.15, -0.1) is 0 Å². The number of aryl methyl sites for hydroxylation is 1. The Hall–Kier alpha value is -12.8. The maximum Gasteiger partial charge on any atom is 0.193 e. The third kappa shape index (κ3) is 14.0. The number of carbonyl (C=O) groups excluding carboxylic acids is 2. The maximum absolute atomic E-state index is 13.7. The molecule has 0 unspecified atom stereocenters. The summed E-state index contributed by atoms with van der Waals surface area (Å²) in [7, 11) is 1.68. The van der Waals surface area contributed by atoms with Gasteiger partial charge in [-0.2, -0.15) is 0 Å². The van der Waals surface area contributed by atoms with Crippen molar-refractivity contribution in [3.05, 3.63) is 380 Å². The highest BCUT2D eigenvalue weighted by molar-refractivity contribution is 6.09. The molecule has 0 aliphatic heterocycles. The summed E-state index contributed by atoms with van der Waals surface area (Å²) < 4.78 is 24.3. The van der Waals surface area contributed by atoms with E-state index in [1.807, 2.05) is 140 Å². The zero-order valence-electron chi connectivity index (χ0n) is 52.8. The molecule has 14 aromatic rings. The minimum absolute atomic E-state index is 0.0289. The van der Waals surface area contributed by atoms with Crippen molar-refractivity contribution in [3.8, 4) is 84.8 Å². The van der Waals surface area contributed by atoms with Crippen LogP contribution in [0.3, 0.4) is 0 Å². The van der Waals surface area contributed by atoms with E-state index in [9.17, 15) is 9.59 Å². The molecule has 0 aromatic heterocycles. The van der Waals surface area contributed by atoms with Crippen molar-refractivity contribution >= 4 is 45.7 Å². The lowest BCUT2D eigenvalue weighted by Crippen LogP contribution is -2.09. The van der Waals surface area contributed by atoms with Gasteiger partial charge in [-0.1, -0.05) is 163 Å². The third-order valence-electron chi connectivity index (χ3n) is 16.9. The highest BCUT2D eigenvalue weighted by Crippen LogP contribution is 2.41. The van der Waals surface area contributed by atoms with E-state index in [-0.39, 0.29) is 11.6 Å². The fourth-order valence-corrected chi connectivity index (χ4v) is 11.7. The Balaban J connectivity index is 0.593. The van der Waals surface area contributed by atoms with Crippen LogP contribution >= 0.6 is 0 Å². The smallest absolute Gasteiger partial charge is 0.193 e. The largest absolute Gasteiger partial charge is 0.497 e. The first kappa shape index (κ1) is 60.8. The van der Waals surface area contributed by atoms with Gasteiger partial charge in [0.15, 0.2) is 11.6 Å². The highest BCUT2D eigenvalue weighted by atomic mass is 16.5. The number of carbonyl (C=O) groups is 2. The molecule has 0 aliphatic carbocycles. The summed E-state index contributed by atoms with van der Waals surface area (Å²) in [6.45, 7) is 2.01. The van der Waals surface area contributed by atoms with E-state index in [2.05, 4.69) is 192 Å². The molecule has 14 aromatic carbocycles. The quantitative estimate of drug-likeness (QED) is 0.0659. The molecule has 0 heterocycles. The average Bonchev–Trinajstić information content (AvgIpc) is 0.871. The van der Waals surface area contributed by atoms with Gasteiger partial charge in [-0.3, -0.25) is 9.59 Å². The number of hydrogen-bond acceptors (Lipinski definition) is 8. The molecule has 96 heavy (non-hydrogen) atoms. The minimum atomic E-state index is -0.104. The van der Waals surface area contributed by atoms with Crippen LogP contribution < -0.4 is 28.7 Å². The third-order valence-corrected chi connectivity index (χ3v) is 16.9. The fraction of sp³-hybridized carbons (Fsp3) is 0.0227. The van der Waals surface area contributed by atoms with Crippen molar-refractivity contribution in [2.45, 2.75) is 6.92 Å². The Labute approximate surface area is 559 Å². The van der Waals surface area contributed by atoms with Gasteiger partial charge in [0.05, 0.1) is 7.11 Å². The van der Waals surface area contributed by atoms with Crippen LogP contribution in [0, 0.1) is 6.92 Å². The van der Waals surface area contributed by atoms with Gasteiger partial charge in [-0.25, -0.2) is 0 Å². The summed E-state index contributed by atoms with van der Waals surface area (Å²) in [5.74, 6) is 4.57. The molecule has 0 N–H and O–H groups in total. The molecular weight excluding hydrogens is 1180 g/mol. The zero-order chi connectivity index (χ0) is 65.2. The van der Waals surface area contributed by atoms with E-state index in [1.54, 1.807) is 43.5 Å². The number of hydrogen-bond donors (Lipinski definition) is 0. The number of rotatable bonds is 21. The fourth-order valence-electron chi connectivity index (χ4n) is 11.7. The van der Waals surface area contributed by atoms with Gasteiger partial charge in [0.2, 0.25) is 0 Å². The van der Waals surface area contributed by atoms with Crippen LogP contribution in [-0.2, 0) is 0 Å². The summed E-state index contributed by atoms with van der Waals surface area (Å²) in [5.41, 5.74) is 18.3. The second kappa shape index (κ2) is 28.0. The van der Waals surface area contributed by atoms with Gasteiger partial charge >= 0.3 is 0 Å². The number of nitrogens with zero attached hydrogens (tertiary/aromatic N) is 2. The molecule has 0 atom stereocenters. The first-order valence-corrected chi connectivity index (χ1v) is 31.8. The van der Waals surface area contributed by atoms with E-state index in [4.69, 9.17) is 18.9 Å². The lowest BCUT2D eigenvalue weighted by Gasteiger charge is -2.26. The normalized spacial score (nSPS) is 10.9. The van der Waals surface area contributed by atoms with Crippen LogP contribution in [0.2, 0.25) is 0 Å². The van der Waals surface area contributed by atoms with Gasteiger partial charge in [0.25, 0.3) is 0 Å². The molecule has 0 aliphatic rings. The lowest BCUT2D eigenvalue weighted by atomic mass is 10.0. The SMILES string of the molecule is COc1ccc(N(c2ccc(-c3ccccc3)cc2)c2ccc(-c3ccc(Oc4ccc(C(=O)c5ccc(Oc6ccc(-c7ccc(N(c8ccc(Oc9ccc(C(=O)c%10ccc(C)cc%10)cc9)cc8)c8ccc(-c9ccccc9)cc8)cc7)cc6)cc5)cc4)cc3)cc2)cc1. The molecule has 0 spiro atoms. The van der Waals surface area contributed by atoms with Gasteiger partial charge in [0, 0.05) is 56.4 Å². The van der Waals surface area contributed by atoms with Gasteiger partial charge < -0.3 is 28.7 Å². The molecule has 14 rings (SSSR count). The van der Waals surface area contributed by atoms with Gasteiger partial charge in [0.1, 0.15) is 40.2 Å². The number of anilines is 6. The van der Waals surface area contributed by atoms with Crippen molar-refractivity contribution in [1.29, 1.82) is 0 Å². The lowest BCUT2D eigenvalue weighted by molar-refractivity contribution is 0.103. The van der Waals surface area contributed by atoms with Crippen LogP contribution in [0.4, 0.5) is 34.1 Å². The Kier molecular flexibility index (Phi) is 17.7. The zero-order valence-corrected chi connectivity index (χ0v) is 52.8. The second-order valence-corrected chi connectivity index (χ2v) is 23.2. The average molecular weight is 1250 g/mol. The number of ketones is 2. The molecule has 0 bridgehead atoms. The predicted octanol–water partition coefficient (Wildman–Crippen LogP) is 23.5. The molecule has 8 nitrogen and oxygen atoms in total. The van der Waals surface area contributed by atoms with E-state index in [1.165, 1.54) is 5.56 Å². The van der Waals surface area contributed by atoms with Crippen molar-refractivity contribution in [2.75, 3.05) is 16.9 Å². The summed E-state index contributed by atoms with van der Waals surface area (Å²) in [6, 6.07) is 117. The van der Waals surface area contributed by atoms with E-state index >= 15 is 0 Å². The van der Waals surface area contributed by atoms with Crippen LogP contribution in [0.15, 0.2) is 352 Å². The van der Waals surface area contributed by atoms with Crippen LogP contribution in [0.1, 0.15) is 37.4 Å². The topological polar surface area (TPSA) is 77.5 Å². The van der Waals surface area contributed by atoms with Crippen LogP contribution in [-0.4, -0.2) is 18.7 Å². The molecule has 8 heteroatoms. The Morgan fingerprint density at radius 2 is 0.406 bits per heavy atom.